The number of aliphatic hydroxyl groups excluding tert-OH is 1. The Bertz CT molecular complexity index is 443. The van der Waals surface area contributed by atoms with Gasteiger partial charge < -0.3 is 19.7 Å². The number of rotatable bonds is 7. The summed E-state index contributed by atoms with van der Waals surface area (Å²) in [6, 6.07) is 5.42. The Morgan fingerprint density at radius 2 is 2.21 bits per heavy atom. The van der Waals surface area contributed by atoms with E-state index < -0.39 is 12.1 Å². The summed E-state index contributed by atoms with van der Waals surface area (Å²) in [7, 11) is 0. The number of carboxylic acid groups (broad SMARTS) is 1. The van der Waals surface area contributed by atoms with Crippen molar-refractivity contribution in [3.05, 3.63) is 23.8 Å². The highest BCUT2D eigenvalue weighted by Gasteiger charge is 2.28. The molecule has 5 heteroatoms. The highest BCUT2D eigenvalue weighted by molar-refractivity contribution is 5.74. The van der Waals surface area contributed by atoms with Gasteiger partial charge >= 0.3 is 5.97 Å². The number of ether oxygens (including phenoxy) is 2. The van der Waals surface area contributed by atoms with Crippen molar-refractivity contribution in [2.75, 3.05) is 13.2 Å². The quantitative estimate of drug-likeness (QED) is 0.733. The van der Waals surface area contributed by atoms with E-state index in [1.165, 1.54) is 0 Å². The van der Waals surface area contributed by atoms with E-state index in [1.54, 1.807) is 6.07 Å². The molecular weight excluding hydrogens is 248 g/mol. The SMILES string of the molecule is O=C(O)C1Cc2ccc(OCCCCCO)cc2O1. The van der Waals surface area contributed by atoms with Crippen LogP contribution in [0.4, 0.5) is 0 Å². The van der Waals surface area contributed by atoms with Crippen molar-refractivity contribution < 1.29 is 24.5 Å². The second-order valence-electron chi connectivity index (χ2n) is 4.55. The number of aliphatic hydroxyl groups is 1. The van der Waals surface area contributed by atoms with Gasteiger partial charge in [-0.25, -0.2) is 4.79 Å². The second-order valence-corrected chi connectivity index (χ2v) is 4.55. The third-order valence-electron chi connectivity index (χ3n) is 3.06. The maximum Gasteiger partial charge on any atom is 0.345 e. The number of benzene rings is 1. The van der Waals surface area contributed by atoms with Crippen molar-refractivity contribution in [2.24, 2.45) is 0 Å². The molecule has 2 rings (SSSR count). The summed E-state index contributed by atoms with van der Waals surface area (Å²) in [6.45, 7) is 0.796. The van der Waals surface area contributed by atoms with Crippen LogP contribution in [0.2, 0.25) is 0 Å². The first-order chi connectivity index (χ1) is 9.20. The van der Waals surface area contributed by atoms with Crippen LogP contribution in [-0.2, 0) is 11.2 Å². The van der Waals surface area contributed by atoms with Crippen LogP contribution in [0.1, 0.15) is 24.8 Å². The molecule has 0 bridgehead atoms. The van der Waals surface area contributed by atoms with Crippen molar-refractivity contribution >= 4 is 5.97 Å². The maximum atomic E-state index is 10.9. The van der Waals surface area contributed by atoms with Crippen LogP contribution >= 0.6 is 0 Å². The monoisotopic (exact) mass is 266 g/mol. The maximum absolute atomic E-state index is 10.9. The first-order valence-corrected chi connectivity index (χ1v) is 6.47. The van der Waals surface area contributed by atoms with Crippen LogP contribution in [0, 0.1) is 0 Å². The zero-order valence-electron chi connectivity index (χ0n) is 10.7. The largest absolute Gasteiger partial charge is 0.493 e. The average Bonchev–Trinajstić information content (AvgIpc) is 2.82. The molecule has 1 aromatic carbocycles. The van der Waals surface area contributed by atoms with E-state index in [0.29, 0.717) is 24.5 Å². The Hall–Kier alpha value is -1.75. The van der Waals surface area contributed by atoms with Crippen molar-refractivity contribution in [1.82, 2.24) is 0 Å². The number of hydrogen-bond acceptors (Lipinski definition) is 4. The minimum Gasteiger partial charge on any atom is -0.493 e. The number of fused-ring (bicyclic) bond motifs is 1. The summed E-state index contributed by atoms with van der Waals surface area (Å²) in [5, 5.41) is 17.6. The third-order valence-corrected chi connectivity index (χ3v) is 3.06. The van der Waals surface area contributed by atoms with Gasteiger partial charge in [0.25, 0.3) is 0 Å². The third kappa shape index (κ3) is 3.61. The highest BCUT2D eigenvalue weighted by atomic mass is 16.5. The minimum absolute atomic E-state index is 0.212. The first kappa shape index (κ1) is 13.7. The number of carbonyl (C=O) groups is 1. The summed E-state index contributed by atoms with van der Waals surface area (Å²) < 4.78 is 10.9. The standard InChI is InChI=1S/C14H18O5/c15-6-2-1-3-7-18-11-5-4-10-8-13(14(16)17)19-12(10)9-11/h4-5,9,13,15H,1-3,6-8H2,(H,16,17). The van der Waals surface area contributed by atoms with Gasteiger partial charge in [-0.1, -0.05) is 6.07 Å². The van der Waals surface area contributed by atoms with Crippen LogP contribution < -0.4 is 9.47 Å². The fourth-order valence-electron chi connectivity index (χ4n) is 2.02. The van der Waals surface area contributed by atoms with Crippen LogP contribution in [0.25, 0.3) is 0 Å². The van der Waals surface area contributed by atoms with E-state index in [0.717, 1.165) is 24.8 Å². The Morgan fingerprint density at radius 3 is 2.95 bits per heavy atom. The molecule has 19 heavy (non-hydrogen) atoms. The molecule has 0 radical (unpaired) electrons. The van der Waals surface area contributed by atoms with Crippen LogP contribution in [-0.4, -0.2) is 35.5 Å². The molecule has 0 aromatic heterocycles. The molecule has 1 atom stereocenters. The van der Waals surface area contributed by atoms with Crippen molar-refractivity contribution in [3.63, 3.8) is 0 Å². The number of carboxylic acids is 1. The van der Waals surface area contributed by atoms with E-state index >= 15 is 0 Å². The van der Waals surface area contributed by atoms with Crippen molar-refractivity contribution in [3.8, 4) is 11.5 Å². The minimum atomic E-state index is -0.942. The van der Waals surface area contributed by atoms with E-state index in [4.69, 9.17) is 19.7 Å². The summed E-state index contributed by atoms with van der Waals surface area (Å²) in [4.78, 5) is 10.9. The van der Waals surface area contributed by atoms with Crippen LogP contribution in [0.5, 0.6) is 11.5 Å². The topological polar surface area (TPSA) is 76.0 Å². The number of unbranched alkanes of at least 4 members (excludes halogenated alkanes) is 2. The zero-order chi connectivity index (χ0) is 13.7. The molecule has 1 aromatic rings. The first-order valence-electron chi connectivity index (χ1n) is 6.47. The van der Waals surface area contributed by atoms with Gasteiger partial charge in [0.15, 0.2) is 6.10 Å². The molecule has 2 N–H and O–H groups in total. The Morgan fingerprint density at radius 1 is 1.37 bits per heavy atom. The fraction of sp³-hybridized carbons (Fsp3) is 0.500. The number of hydrogen-bond donors (Lipinski definition) is 2. The predicted octanol–water partition coefficient (Wildman–Crippen LogP) is 1.62. The van der Waals surface area contributed by atoms with Crippen LogP contribution in [0.15, 0.2) is 18.2 Å². The zero-order valence-corrected chi connectivity index (χ0v) is 10.7. The van der Waals surface area contributed by atoms with Gasteiger partial charge in [-0.05, 0) is 30.9 Å². The summed E-state index contributed by atoms with van der Waals surface area (Å²) in [6.07, 6.45) is 2.23. The lowest BCUT2D eigenvalue weighted by atomic mass is 10.1. The van der Waals surface area contributed by atoms with Crippen molar-refractivity contribution in [1.29, 1.82) is 0 Å². The van der Waals surface area contributed by atoms with Crippen molar-refractivity contribution in [2.45, 2.75) is 31.8 Å². The molecule has 0 fully saturated rings. The molecule has 1 heterocycles. The summed E-state index contributed by atoms with van der Waals surface area (Å²) >= 11 is 0. The molecule has 0 saturated heterocycles. The lowest BCUT2D eigenvalue weighted by molar-refractivity contribution is -0.144. The lowest BCUT2D eigenvalue weighted by Gasteiger charge is -2.08. The van der Waals surface area contributed by atoms with Gasteiger partial charge in [0.1, 0.15) is 11.5 Å². The smallest absolute Gasteiger partial charge is 0.345 e. The van der Waals surface area contributed by atoms with Gasteiger partial charge in [-0.15, -0.1) is 0 Å². The van der Waals surface area contributed by atoms with Crippen LogP contribution in [0.3, 0.4) is 0 Å². The molecule has 0 aliphatic carbocycles. The van der Waals surface area contributed by atoms with Gasteiger partial charge in [0.2, 0.25) is 0 Å². The Balaban J connectivity index is 1.85. The highest BCUT2D eigenvalue weighted by Crippen LogP contribution is 2.32. The second kappa shape index (κ2) is 6.43. The molecule has 1 aliphatic rings. The molecular formula is C14H18O5. The summed E-state index contributed by atoms with van der Waals surface area (Å²) in [5.74, 6) is 0.344. The van der Waals surface area contributed by atoms with E-state index in [-0.39, 0.29) is 6.61 Å². The van der Waals surface area contributed by atoms with E-state index in [9.17, 15) is 4.79 Å². The summed E-state index contributed by atoms with van der Waals surface area (Å²) in [5.41, 5.74) is 0.903. The van der Waals surface area contributed by atoms with Gasteiger partial charge in [-0.2, -0.15) is 0 Å². The number of aliphatic carboxylic acids is 1. The fourth-order valence-corrected chi connectivity index (χ4v) is 2.02. The molecule has 0 spiro atoms. The van der Waals surface area contributed by atoms with Gasteiger partial charge in [-0.3, -0.25) is 0 Å². The van der Waals surface area contributed by atoms with Gasteiger partial charge in [0, 0.05) is 19.1 Å². The molecule has 104 valence electrons. The predicted molar refractivity (Wildman–Crippen MR) is 68.6 cm³/mol. The molecule has 5 nitrogen and oxygen atoms in total. The van der Waals surface area contributed by atoms with E-state index in [2.05, 4.69) is 0 Å². The van der Waals surface area contributed by atoms with Gasteiger partial charge in [0.05, 0.1) is 6.61 Å². The normalized spacial score (nSPS) is 16.8. The molecule has 0 amide bonds. The molecule has 1 unspecified atom stereocenters. The molecule has 0 saturated carbocycles. The lowest BCUT2D eigenvalue weighted by Crippen LogP contribution is -2.24. The Labute approximate surface area is 111 Å². The average molecular weight is 266 g/mol. The van der Waals surface area contributed by atoms with E-state index in [1.807, 2.05) is 12.1 Å². The Kier molecular flexibility index (Phi) is 4.63. The molecule has 1 aliphatic heterocycles.